The smallest absolute Gasteiger partial charge is 0.326 e. The van der Waals surface area contributed by atoms with Gasteiger partial charge in [-0.3, -0.25) is 4.79 Å². The largest absolute Gasteiger partial charge is 0.480 e. The van der Waals surface area contributed by atoms with Crippen LogP contribution in [0.25, 0.3) is 10.2 Å². The maximum absolute atomic E-state index is 11.4. The highest BCUT2D eigenvalue weighted by Crippen LogP contribution is 2.22. The molecule has 1 amide bonds. The van der Waals surface area contributed by atoms with Crippen molar-refractivity contribution in [1.82, 2.24) is 4.57 Å². The molecule has 5 nitrogen and oxygen atoms in total. The van der Waals surface area contributed by atoms with E-state index in [0.717, 1.165) is 10.2 Å². The van der Waals surface area contributed by atoms with Gasteiger partial charge in [0.25, 0.3) is 0 Å². The molecule has 1 unspecified atom stereocenters. The molecule has 19 heavy (non-hydrogen) atoms. The number of amides is 1. The zero-order valence-electron chi connectivity index (χ0n) is 10.7. The van der Waals surface area contributed by atoms with E-state index < -0.39 is 12.0 Å². The number of fused-ring (bicyclic) bond motifs is 1. The minimum atomic E-state index is -0.920. The molecule has 1 aromatic carbocycles. The summed E-state index contributed by atoms with van der Waals surface area (Å²) in [6, 6.07) is 6.75. The van der Waals surface area contributed by atoms with E-state index in [1.807, 2.05) is 24.3 Å². The highest BCUT2D eigenvalue weighted by Gasteiger charge is 2.21. The molecule has 2 aromatic rings. The molecule has 1 N–H and O–H groups in total. The second kappa shape index (κ2) is 5.36. The first-order valence-corrected chi connectivity index (χ1v) is 6.74. The second-order valence-electron chi connectivity index (χ2n) is 4.12. The van der Waals surface area contributed by atoms with Crippen LogP contribution in [-0.4, -0.2) is 21.6 Å². The molecule has 0 aliphatic heterocycles. The molecule has 0 radical (unpaired) electrons. The number of hydrogen-bond donors (Lipinski definition) is 1. The van der Waals surface area contributed by atoms with Gasteiger partial charge in [-0.1, -0.05) is 30.4 Å². The first-order chi connectivity index (χ1) is 9.04. The van der Waals surface area contributed by atoms with Gasteiger partial charge in [-0.25, -0.2) is 4.79 Å². The molecule has 1 heterocycles. The van der Waals surface area contributed by atoms with E-state index in [2.05, 4.69) is 4.99 Å². The number of aliphatic carboxylic acids is 1. The van der Waals surface area contributed by atoms with Crippen LogP contribution in [0.5, 0.6) is 0 Å². The van der Waals surface area contributed by atoms with Crippen LogP contribution in [0.4, 0.5) is 0 Å². The first-order valence-electron chi connectivity index (χ1n) is 5.92. The van der Waals surface area contributed by atoms with Crippen LogP contribution < -0.4 is 4.80 Å². The standard InChI is InChI=1S/C13H14N2O3S/c1-3-9(12(17)18)15-10-6-4-5-7-11(10)19-13(15)14-8(2)16/h4-7,9H,3H2,1-2H3,(H,17,18). The minimum absolute atomic E-state index is 0.333. The Morgan fingerprint density at radius 1 is 1.42 bits per heavy atom. The van der Waals surface area contributed by atoms with Crippen molar-refractivity contribution in [3.63, 3.8) is 0 Å². The van der Waals surface area contributed by atoms with Gasteiger partial charge >= 0.3 is 5.97 Å². The number of carboxylic acid groups (broad SMARTS) is 1. The van der Waals surface area contributed by atoms with E-state index in [0.29, 0.717) is 11.2 Å². The third-order valence-electron chi connectivity index (χ3n) is 2.77. The number of carbonyl (C=O) groups excluding carboxylic acids is 1. The SMILES string of the molecule is CCC(C(=O)O)n1c(=NC(C)=O)sc2ccccc21. The average molecular weight is 278 g/mol. The van der Waals surface area contributed by atoms with Crippen LogP contribution >= 0.6 is 11.3 Å². The van der Waals surface area contributed by atoms with Crippen LogP contribution in [0.1, 0.15) is 26.3 Å². The minimum Gasteiger partial charge on any atom is -0.480 e. The number of rotatable bonds is 3. The van der Waals surface area contributed by atoms with Crippen molar-refractivity contribution < 1.29 is 14.7 Å². The molecule has 0 saturated carbocycles. The zero-order chi connectivity index (χ0) is 14.0. The third-order valence-corrected chi connectivity index (χ3v) is 3.80. The predicted molar refractivity (Wildman–Crippen MR) is 73.0 cm³/mol. The van der Waals surface area contributed by atoms with E-state index >= 15 is 0 Å². The van der Waals surface area contributed by atoms with E-state index in [1.54, 1.807) is 11.5 Å². The summed E-state index contributed by atoms with van der Waals surface area (Å²) in [4.78, 5) is 26.9. The van der Waals surface area contributed by atoms with E-state index in [1.165, 1.54) is 18.3 Å². The van der Waals surface area contributed by atoms with Crippen LogP contribution in [0.2, 0.25) is 0 Å². The molecule has 0 spiro atoms. The Kier molecular flexibility index (Phi) is 3.80. The summed E-state index contributed by atoms with van der Waals surface area (Å²) < 4.78 is 2.55. The van der Waals surface area contributed by atoms with Crippen molar-refractivity contribution >= 4 is 33.4 Å². The lowest BCUT2D eigenvalue weighted by Crippen LogP contribution is -2.27. The van der Waals surface area contributed by atoms with Crippen molar-refractivity contribution in [2.24, 2.45) is 4.99 Å². The molecule has 0 fully saturated rings. The number of carbonyl (C=O) groups is 2. The Labute approximate surface area is 113 Å². The molecule has 2 rings (SSSR count). The Morgan fingerprint density at radius 3 is 2.68 bits per heavy atom. The van der Waals surface area contributed by atoms with E-state index in [4.69, 9.17) is 0 Å². The van der Waals surface area contributed by atoms with Gasteiger partial charge < -0.3 is 9.67 Å². The maximum Gasteiger partial charge on any atom is 0.326 e. The lowest BCUT2D eigenvalue weighted by atomic mass is 10.2. The van der Waals surface area contributed by atoms with Crippen molar-refractivity contribution in [3.05, 3.63) is 29.1 Å². The highest BCUT2D eigenvalue weighted by molar-refractivity contribution is 7.16. The van der Waals surface area contributed by atoms with Gasteiger partial charge in [0.1, 0.15) is 6.04 Å². The summed E-state index contributed by atoms with van der Waals surface area (Å²) in [5.41, 5.74) is 0.793. The molecule has 0 bridgehead atoms. The monoisotopic (exact) mass is 278 g/mol. The lowest BCUT2D eigenvalue weighted by Gasteiger charge is -2.13. The molecule has 1 aromatic heterocycles. The molecule has 0 saturated heterocycles. The van der Waals surface area contributed by atoms with Gasteiger partial charge in [0.2, 0.25) is 5.91 Å². The Morgan fingerprint density at radius 2 is 2.11 bits per heavy atom. The van der Waals surface area contributed by atoms with Crippen molar-refractivity contribution in [2.45, 2.75) is 26.3 Å². The van der Waals surface area contributed by atoms with Crippen LogP contribution in [0, 0.1) is 0 Å². The van der Waals surface area contributed by atoms with Gasteiger partial charge in [0.15, 0.2) is 4.80 Å². The fourth-order valence-corrected chi connectivity index (χ4v) is 3.09. The molecule has 0 aliphatic rings. The first kappa shape index (κ1) is 13.5. The van der Waals surface area contributed by atoms with Crippen molar-refractivity contribution in [1.29, 1.82) is 0 Å². The van der Waals surface area contributed by atoms with Gasteiger partial charge in [0, 0.05) is 6.92 Å². The fraction of sp³-hybridized carbons (Fsp3) is 0.308. The molecular weight excluding hydrogens is 264 g/mol. The zero-order valence-corrected chi connectivity index (χ0v) is 11.5. The van der Waals surface area contributed by atoms with Gasteiger partial charge in [0.05, 0.1) is 10.2 Å². The Balaban J connectivity index is 2.81. The van der Waals surface area contributed by atoms with Crippen molar-refractivity contribution in [2.75, 3.05) is 0 Å². The van der Waals surface area contributed by atoms with Crippen molar-refractivity contribution in [3.8, 4) is 0 Å². The molecule has 0 aliphatic carbocycles. The summed E-state index contributed by atoms with van der Waals surface area (Å²) in [6.07, 6.45) is 0.432. The molecule has 100 valence electrons. The number of carboxylic acids is 1. The summed E-state index contributed by atoms with van der Waals surface area (Å²) in [5, 5.41) is 9.32. The number of nitrogens with zero attached hydrogens (tertiary/aromatic N) is 2. The van der Waals surface area contributed by atoms with Crippen LogP contribution in [0.15, 0.2) is 29.3 Å². The number of para-hydroxylation sites is 1. The maximum atomic E-state index is 11.4. The summed E-state index contributed by atoms with van der Waals surface area (Å²) in [7, 11) is 0. The normalized spacial score (nSPS) is 13.7. The molecule has 1 atom stereocenters. The summed E-state index contributed by atoms with van der Waals surface area (Å²) in [5.74, 6) is -1.25. The second-order valence-corrected chi connectivity index (χ2v) is 5.12. The summed E-state index contributed by atoms with van der Waals surface area (Å²) >= 11 is 1.33. The van der Waals surface area contributed by atoms with E-state index in [9.17, 15) is 14.7 Å². The molecule has 6 heteroatoms. The summed E-state index contributed by atoms with van der Waals surface area (Å²) in [6.45, 7) is 3.16. The average Bonchev–Trinajstić information content (AvgIpc) is 2.68. The number of benzene rings is 1. The topological polar surface area (TPSA) is 71.7 Å². The van der Waals surface area contributed by atoms with Crippen LogP contribution in [-0.2, 0) is 9.59 Å². The van der Waals surface area contributed by atoms with Gasteiger partial charge in [-0.2, -0.15) is 4.99 Å². The van der Waals surface area contributed by atoms with Gasteiger partial charge in [-0.15, -0.1) is 0 Å². The Bertz CT molecular complexity index is 699. The van der Waals surface area contributed by atoms with Crippen LogP contribution in [0.3, 0.4) is 0 Å². The van der Waals surface area contributed by atoms with Gasteiger partial charge in [-0.05, 0) is 18.6 Å². The quantitative estimate of drug-likeness (QED) is 0.935. The number of thiazole rings is 1. The lowest BCUT2D eigenvalue weighted by molar-refractivity contribution is -0.141. The fourth-order valence-electron chi connectivity index (χ4n) is 1.97. The molecular formula is C13H14N2O3S. The third kappa shape index (κ3) is 2.58. The number of hydrogen-bond acceptors (Lipinski definition) is 3. The highest BCUT2D eigenvalue weighted by atomic mass is 32.1. The number of aromatic nitrogens is 1. The van der Waals surface area contributed by atoms with E-state index in [-0.39, 0.29) is 5.91 Å². The predicted octanol–water partition coefficient (Wildman–Crippen LogP) is 2.19. The Hall–Kier alpha value is -1.95.